The third kappa shape index (κ3) is 2.75. The topological polar surface area (TPSA) is 39.3 Å². The molecule has 3 rings (SSSR count). The second-order valence-corrected chi connectivity index (χ2v) is 6.51. The van der Waals surface area contributed by atoms with Gasteiger partial charge in [0.2, 0.25) is 5.91 Å². The van der Waals surface area contributed by atoms with Crippen molar-refractivity contribution in [2.75, 3.05) is 27.2 Å². The van der Waals surface area contributed by atoms with E-state index >= 15 is 0 Å². The van der Waals surface area contributed by atoms with E-state index in [0.29, 0.717) is 5.92 Å². The number of nitrogens with one attached hydrogen (secondary N) is 1. The number of likely N-dealkylation sites (tertiary alicyclic amines) is 1. The number of aromatic amines is 1. The fourth-order valence-electron chi connectivity index (χ4n) is 3.56. The summed E-state index contributed by atoms with van der Waals surface area (Å²) in [6.07, 6.45) is 4.40. The van der Waals surface area contributed by atoms with Crippen molar-refractivity contribution in [3.05, 3.63) is 36.0 Å². The molecule has 0 unspecified atom stereocenters. The zero-order valence-electron chi connectivity index (χ0n) is 13.7. The van der Waals surface area contributed by atoms with Crippen molar-refractivity contribution in [2.24, 2.45) is 0 Å². The van der Waals surface area contributed by atoms with Gasteiger partial charge in [0.1, 0.15) is 0 Å². The average Bonchev–Trinajstić information content (AvgIpc) is 2.97. The molecule has 4 nitrogen and oxygen atoms in total. The molecule has 118 valence electrons. The molecule has 0 spiro atoms. The quantitative estimate of drug-likeness (QED) is 0.946. The highest BCUT2D eigenvalue weighted by atomic mass is 16.2. The van der Waals surface area contributed by atoms with Gasteiger partial charge in [0.15, 0.2) is 0 Å². The fourth-order valence-corrected chi connectivity index (χ4v) is 3.56. The minimum atomic E-state index is -0.0149. The molecule has 1 fully saturated rings. The summed E-state index contributed by atoms with van der Waals surface area (Å²) in [6, 6.07) is 8.49. The van der Waals surface area contributed by atoms with Crippen LogP contribution < -0.4 is 0 Å². The summed E-state index contributed by atoms with van der Waals surface area (Å²) < 4.78 is 0. The molecule has 1 amide bonds. The predicted octanol–water partition coefficient (Wildman–Crippen LogP) is 2.82. The molecule has 1 N–H and O–H groups in total. The van der Waals surface area contributed by atoms with E-state index in [-0.39, 0.29) is 11.9 Å². The second-order valence-electron chi connectivity index (χ2n) is 6.51. The van der Waals surface area contributed by atoms with Gasteiger partial charge in [0, 0.05) is 31.2 Å². The van der Waals surface area contributed by atoms with Crippen LogP contribution in [0, 0.1) is 0 Å². The van der Waals surface area contributed by atoms with Crippen molar-refractivity contribution >= 4 is 16.8 Å². The van der Waals surface area contributed by atoms with Crippen LogP contribution in [0.2, 0.25) is 0 Å². The molecule has 1 aromatic heterocycles. The largest absolute Gasteiger partial charge is 0.361 e. The molecule has 4 heteroatoms. The molecule has 1 aliphatic rings. The Bertz CT molecular complexity index is 653. The van der Waals surface area contributed by atoms with Crippen LogP contribution >= 0.6 is 0 Å². The first-order valence-electron chi connectivity index (χ1n) is 8.09. The van der Waals surface area contributed by atoms with Gasteiger partial charge in [0.25, 0.3) is 0 Å². The first-order valence-corrected chi connectivity index (χ1v) is 8.09. The van der Waals surface area contributed by atoms with Gasteiger partial charge in [-0.1, -0.05) is 18.2 Å². The highest BCUT2D eigenvalue weighted by molar-refractivity contribution is 5.83. The lowest BCUT2D eigenvalue weighted by Gasteiger charge is -2.36. The van der Waals surface area contributed by atoms with Gasteiger partial charge in [-0.05, 0) is 50.4 Å². The highest BCUT2D eigenvalue weighted by Crippen LogP contribution is 2.33. The molecular formula is C18H25N3O. The predicted molar refractivity (Wildman–Crippen MR) is 90.0 cm³/mol. The third-order valence-electron chi connectivity index (χ3n) is 4.94. The van der Waals surface area contributed by atoms with E-state index < -0.39 is 0 Å². The summed E-state index contributed by atoms with van der Waals surface area (Å²) in [7, 11) is 3.66. The zero-order valence-corrected chi connectivity index (χ0v) is 13.7. The number of para-hydroxylation sites is 1. The zero-order chi connectivity index (χ0) is 15.7. The van der Waals surface area contributed by atoms with Gasteiger partial charge in [-0.25, -0.2) is 0 Å². The number of fused-ring (bicyclic) bond motifs is 1. The number of amides is 1. The summed E-state index contributed by atoms with van der Waals surface area (Å²) in [5.41, 5.74) is 2.65. The minimum Gasteiger partial charge on any atom is -0.361 e. The number of carbonyl (C=O) groups is 1. The highest BCUT2D eigenvalue weighted by Gasteiger charge is 2.28. The van der Waals surface area contributed by atoms with Gasteiger partial charge in [-0.2, -0.15) is 0 Å². The molecule has 22 heavy (non-hydrogen) atoms. The van der Waals surface area contributed by atoms with Crippen LogP contribution in [0.25, 0.3) is 10.9 Å². The van der Waals surface area contributed by atoms with Crippen LogP contribution in [-0.4, -0.2) is 53.9 Å². The number of hydrogen-bond donors (Lipinski definition) is 1. The lowest BCUT2D eigenvalue weighted by molar-refractivity contribution is -0.134. The van der Waals surface area contributed by atoms with Crippen LogP contribution in [-0.2, 0) is 4.79 Å². The van der Waals surface area contributed by atoms with Crippen molar-refractivity contribution in [3.8, 4) is 0 Å². The molecule has 0 radical (unpaired) electrons. The maximum Gasteiger partial charge on any atom is 0.239 e. The van der Waals surface area contributed by atoms with E-state index in [2.05, 4.69) is 40.3 Å². The van der Waals surface area contributed by atoms with E-state index in [1.54, 1.807) is 4.90 Å². The summed E-state index contributed by atoms with van der Waals surface area (Å²) >= 11 is 0. The number of aromatic nitrogens is 1. The number of piperidine rings is 1. The van der Waals surface area contributed by atoms with Gasteiger partial charge in [0.05, 0.1) is 6.04 Å². The minimum absolute atomic E-state index is 0.0149. The van der Waals surface area contributed by atoms with Gasteiger partial charge in [-0.3, -0.25) is 9.69 Å². The number of benzene rings is 1. The number of likely N-dealkylation sites (N-methyl/N-ethyl adjacent to an activating group) is 1. The third-order valence-corrected chi connectivity index (χ3v) is 4.94. The van der Waals surface area contributed by atoms with Crippen LogP contribution in [0.15, 0.2) is 30.5 Å². The number of rotatable bonds is 3. The number of H-pyrrole nitrogens is 1. The Morgan fingerprint density at radius 1 is 1.27 bits per heavy atom. The van der Waals surface area contributed by atoms with Crippen molar-refractivity contribution in [3.63, 3.8) is 0 Å². The summed E-state index contributed by atoms with van der Waals surface area (Å²) in [6.45, 7) is 4.00. The maximum atomic E-state index is 12.1. The summed E-state index contributed by atoms with van der Waals surface area (Å²) in [5, 5.41) is 1.35. The van der Waals surface area contributed by atoms with Crippen molar-refractivity contribution in [1.29, 1.82) is 0 Å². The second kappa shape index (κ2) is 6.13. The Labute approximate surface area is 132 Å². The van der Waals surface area contributed by atoms with Gasteiger partial charge in [-0.15, -0.1) is 0 Å². The first kappa shape index (κ1) is 15.1. The SMILES string of the molecule is C[C@H](C(=O)N(C)C)N1CCC(c2c[nH]c3ccccc23)CC1. The Balaban J connectivity index is 1.68. The Morgan fingerprint density at radius 3 is 2.64 bits per heavy atom. The number of hydrogen-bond acceptors (Lipinski definition) is 2. The normalized spacial score (nSPS) is 18.5. The molecular weight excluding hydrogens is 274 g/mol. The summed E-state index contributed by atoms with van der Waals surface area (Å²) in [4.78, 5) is 19.5. The average molecular weight is 299 g/mol. The van der Waals surface area contributed by atoms with E-state index in [1.807, 2.05) is 21.0 Å². The fraction of sp³-hybridized carbons (Fsp3) is 0.500. The molecule has 1 aromatic carbocycles. The molecule has 1 aliphatic heterocycles. The lowest BCUT2D eigenvalue weighted by Crippen LogP contribution is -2.47. The lowest BCUT2D eigenvalue weighted by atomic mass is 9.88. The molecule has 1 saturated heterocycles. The van der Waals surface area contributed by atoms with Gasteiger partial charge >= 0.3 is 0 Å². The van der Waals surface area contributed by atoms with Crippen molar-refractivity contribution in [2.45, 2.75) is 31.7 Å². The van der Waals surface area contributed by atoms with Gasteiger partial charge < -0.3 is 9.88 Å². The molecule has 0 bridgehead atoms. The van der Waals surface area contributed by atoms with Crippen LogP contribution in [0.4, 0.5) is 0 Å². The molecule has 1 atom stereocenters. The van der Waals surface area contributed by atoms with E-state index in [1.165, 1.54) is 16.5 Å². The Hall–Kier alpha value is -1.81. The summed E-state index contributed by atoms with van der Waals surface area (Å²) in [5.74, 6) is 0.791. The standard InChI is InChI=1S/C18H25N3O/c1-13(18(22)20(2)3)21-10-8-14(9-11-21)16-12-19-17-7-5-4-6-15(16)17/h4-7,12-14,19H,8-11H2,1-3H3/t13-/m1/s1. The van der Waals surface area contributed by atoms with E-state index in [4.69, 9.17) is 0 Å². The van der Waals surface area contributed by atoms with E-state index in [9.17, 15) is 4.79 Å². The Morgan fingerprint density at radius 2 is 1.95 bits per heavy atom. The molecule has 0 aliphatic carbocycles. The molecule has 2 aromatic rings. The number of nitrogens with zero attached hydrogens (tertiary/aromatic N) is 2. The molecule has 2 heterocycles. The van der Waals surface area contributed by atoms with E-state index in [0.717, 1.165) is 25.9 Å². The maximum absolute atomic E-state index is 12.1. The smallest absolute Gasteiger partial charge is 0.239 e. The monoisotopic (exact) mass is 299 g/mol. The first-order chi connectivity index (χ1) is 10.6. The van der Waals surface area contributed by atoms with Crippen LogP contribution in [0.1, 0.15) is 31.2 Å². The van der Waals surface area contributed by atoms with Crippen LogP contribution in [0.3, 0.4) is 0 Å². The van der Waals surface area contributed by atoms with Crippen molar-refractivity contribution < 1.29 is 4.79 Å². The Kier molecular flexibility index (Phi) is 4.21. The van der Waals surface area contributed by atoms with Crippen molar-refractivity contribution in [1.82, 2.24) is 14.8 Å². The number of carbonyl (C=O) groups excluding carboxylic acids is 1. The van der Waals surface area contributed by atoms with Crippen LogP contribution in [0.5, 0.6) is 0 Å². The molecule has 0 saturated carbocycles.